The fourth-order valence-corrected chi connectivity index (χ4v) is 2.54. The van der Waals surface area contributed by atoms with Crippen LogP contribution in [0, 0.1) is 13.8 Å². The highest BCUT2D eigenvalue weighted by Gasteiger charge is 2.25. The molecule has 0 aromatic heterocycles. The van der Waals surface area contributed by atoms with Gasteiger partial charge >= 0.3 is 0 Å². The molecule has 1 heterocycles. The topological polar surface area (TPSA) is 41.6 Å². The summed E-state index contributed by atoms with van der Waals surface area (Å²) in [5.74, 6) is 1.01. The van der Waals surface area contributed by atoms with Gasteiger partial charge in [-0.05, 0) is 44.2 Å². The maximum Gasteiger partial charge on any atom is 0.181 e. The van der Waals surface area contributed by atoms with E-state index in [1.54, 1.807) is 7.11 Å². The number of nitrogens with zero attached hydrogens (tertiary/aromatic N) is 1. The van der Waals surface area contributed by atoms with Crippen LogP contribution in [0.3, 0.4) is 0 Å². The smallest absolute Gasteiger partial charge is 0.181 e. The number of hydrogen-bond donors (Lipinski definition) is 1. The van der Waals surface area contributed by atoms with Crippen LogP contribution < -0.4 is 10.1 Å². The quantitative estimate of drug-likeness (QED) is 0.836. The molecule has 19 heavy (non-hydrogen) atoms. The Morgan fingerprint density at radius 2 is 2.11 bits per heavy atom. The Labute approximate surface area is 114 Å². The minimum atomic E-state index is -0.106. The van der Waals surface area contributed by atoms with E-state index in [1.807, 2.05) is 33.0 Å². The van der Waals surface area contributed by atoms with Gasteiger partial charge in [0.05, 0.1) is 13.2 Å². The number of carbonyl (C=O) groups is 1. The third-order valence-corrected chi connectivity index (χ3v) is 3.70. The highest BCUT2D eigenvalue weighted by atomic mass is 16.5. The Bertz CT molecular complexity index is 485. The van der Waals surface area contributed by atoms with Gasteiger partial charge in [-0.25, -0.2) is 0 Å². The molecule has 0 spiro atoms. The van der Waals surface area contributed by atoms with Crippen molar-refractivity contribution in [2.75, 3.05) is 33.8 Å². The summed E-state index contributed by atoms with van der Waals surface area (Å²) < 4.78 is 5.29. The van der Waals surface area contributed by atoms with Gasteiger partial charge in [-0.15, -0.1) is 0 Å². The molecule has 0 radical (unpaired) electrons. The molecular formula is C15H22N2O2. The number of methoxy groups -OCH3 is 1. The predicted molar refractivity (Wildman–Crippen MR) is 76.1 cm³/mol. The maximum atomic E-state index is 12.6. The Balaban J connectivity index is 2.26. The average Bonchev–Trinajstić information content (AvgIpc) is 2.40. The molecule has 1 fully saturated rings. The number of ketones is 1. The van der Waals surface area contributed by atoms with Crippen LogP contribution in [0.15, 0.2) is 12.1 Å². The molecule has 2 rings (SSSR count). The van der Waals surface area contributed by atoms with E-state index in [1.165, 1.54) is 0 Å². The second-order valence-corrected chi connectivity index (χ2v) is 5.27. The fourth-order valence-electron chi connectivity index (χ4n) is 2.54. The Morgan fingerprint density at radius 3 is 2.74 bits per heavy atom. The van der Waals surface area contributed by atoms with E-state index in [0.717, 1.165) is 42.1 Å². The second kappa shape index (κ2) is 5.72. The summed E-state index contributed by atoms with van der Waals surface area (Å²) in [5, 5.41) is 3.30. The lowest BCUT2D eigenvalue weighted by atomic mass is 9.96. The number of benzene rings is 1. The van der Waals surface area contributed by atoms with Crippen molar-refractivity contribution in [1.29, 1.82) is 0 Å². The molecule has 1 aromatic carbocycles. The number of piperazine rings is 1. The minimum absolute atomic E-state index is 0.106. The lowest BCUT2D eigenvalue weighted by molar-refractivity contribution is 0.0893. The lowest BCUT2D eigenvalue weighted by Crippen LogP contribution is -2.52. The number of carbonyl (C=O) groups excluding carboxylic acids is 1. The molecule has 0 aliphatic carbocycles. The normalized spacial score (nSPS) is 20.3. The zero-order valence-corrected chi connectivity index (χ0v) is 12.1. The summed E-state index contributed by atoms with van der Waals surface area (Å²) in [4.78, 5) is 14.8. The van der Waals surface area contributed by atoms with Gasteiger partial charge in [0, 0.05) is 25.2 Å². The molecular weight excluding hydrogens is 240 g/mol. The zero-order chi connectivity index (χ0) is 14.0. The molecule has 1 N–H and O–H groups in total. The summed E-state index contributed by atoms with van der Waals surface area (Å²) in [6, 6.07) is 3.77. The number of aryl methyl sites for hydroxylation is 2. The van der Waals surface area contributed by atoms with Crippen molar-refractivity contribution in [2.45, 2.75) is 19.9 Å². The first-order valence-corrected chi connectivity index (χ1v) is 6.64. The Morgan fingerprint density at radius 1 is 1.37 bits per heavy atom. The van der Waals surface area contributed by atoms with Crippen LogP contribution in [0.25, 0.3) is 0 Å². The van der Waals surface area contributed by atoms with Crippen molar-refractivity contribution in [3.8, 4) is 5.75 Å². The molecule has 1 aliphatic heterocycles. The molecule has 0 amide bonds. The molecule has 104 valence electrons. The Kier molecular flexibility index (Phi) is 4.22. The predicted octanol–water partition coefficient (Wildman–Crippen LogP) is 1.40. The van der Waals surface area contributed by atoms with E-state index >= 15 is 0 Å². The number of Topliss-reactive ketones (excluding diaryl/α,β-unsaturated/α-hetero) is 1. The van der Waals surface area contributed by atoms with Crippen LogP contribution in [-0.2, 0) is 0 Å². The molecule has 1 saturated heterocycles. The SMILES string of the molecule is COc1cc(C)c(C(=O)C2CN(C)CCN2)cc1C. The van der Waals surface area contributed by atoms with E-state index in [4.69, 9.17) is 4.74 Å². The van der Waals surface area contributed by atoms with Crippen molar-refractivity contribution >= 4 is 5.78 Å². The first-order chi connectivity index (χ1) is 9.02. The molecule has 1 atom stereocenters. The number of ether oxygens (including phenoxy) is 1. The van der Waals surface area contributed by atoms with Gasteiger partial charge < -0.3 is 15.0 Å². The molecule has 0 saturated carbocycles. The van der Waals surface area contributed by atoms with Crippen LogP contribution in [-0.4, -0.2) is 50.5 Å². The molecule has 0 bridgehead atoms. The van der Waals surface area contributed by atoms with E-state index in [0.29, 0.717) is 0 Å². The van der Waals surface area contributed by atoms with E-state index in [-0.39, 0.29) is 11.8 Å². The van der Waals surface area contributed by atoms with Gasteiger partial charge in [0.25, 0.3) is 0 Å². The second-order valence-electron chi connectivity index (χ2n) is 5.27. The van der Waals surface area contributed by atoms with Crippen LogP contribution in [0.5, 0.6) is 5.75 Å². The first-order valence-electron chi connectivity index (χ1n) is 6.64. The van der Waals surface area contributed by atoms with Crippen LogP contribution >= 0.6 is 0 Å². The summed E-state index contributed by atoms with van der Waals surface area (Å²) in [6.07, 6.45) is 0. The lowest BCUT2D eigenvalue weighted by Gasteiger charge is -2.30. The van der Waals surface area contributed by atoms with Crippen LogP contribution in [0.1, 0.15) is 21.5 Å². The van der Waals surface area contributed by atoms with E-state index < -0.39 is 0 Å². The standard InChI is InChI=1S/C15H22N2O2/c1-10-8-14(19-4)11(2)7-12(10)15(18)13-9-17(3)6-5-16-13/h7-8,13,16H,5-6,9H2,1-4H3. The van der Waals surface area contributed by atoms with Crippen LogP contribution in [0.2, 0.25) is 0 Å². The van der Waals surface area contributed by atoms with Gasteiger partial charge in [-0.3, -0.25) is 4.79 Å². The molecule has 4 heteroatoms. The largest absolute Gasteiger partial charge is 0.496 e. The molecule has 1 aromatic rings. The van der Waals surface area contributed by atoms with Gasteiger partial charge in [0.2, 0.25) is 0 Å². The van der Waals surface area contributed by atoms with E-state index in [2.05, 4.69) is 10.2 Å². The van der Waals surface area contributed by atoms with Gasteiger partial charge in [0.15, 0.2) is 5.78 Å². The van der Waals surface area contributed by atoms with Gasteiger partial charge in [-0.2, -0.15) is 0 Å². The van der Waals surface area contributed by atoms with E-state index in [9.17, 15) is 4.79 Å². The summed E-state index contributed by atoms with van der Waals surface area (Å²) in [6.45, 7) is 6.55. The molecule has 1 unspecified atom stereocenters. The zero-order valence-electron chi connectivity index (χ0n) is 12.1. The number of rotatable bonds is 3. The highest BCUT2D eigenvalue weighted by Crippen LogP contribution is 2.23. The average molecular weight is 262 g/mol. The van der Waals surface area contributed by atoms with Gasteiger partial charge in [0.1, 0.15) is 5.75 Å². The van der Waals surface area contributed by atoms with Crippen molar-refractivity contribution in [3.05, 3.63) is 28.8 Å². The third-order valence-electron chi connectivity index (χ3n) is 3.70. The summed E-state index contributed by atoms with van der Waals surface area (Å²) in [5.41, 5.74) is 2.77. The monoisotopic (exact) mass is 262 g/mol. The Hall–Kier alpha value is -1.39. The maximum absolute atomic E-state index is 12.6. The van der Waals surface area contributed by atoms with Crippen LogP contribution in [0.4, 0.5) is 0 Å². The number of hydrogen-bond acceptors (Lipinski definition) is 4. The highest BCUT2D eigenvalue weighted by molar-refractivity contribution is 6.02. The van der Waals surface area contributed by atoms with Crippen molar-refractivity contribution in [3.63, 3.8) is 0 Å². The summed E-state index contributed by atoms with van der Waals surface area (Å²) in [7, 11) is 3.70. The molecule has 4 nitrogen and oxygen atoms in total. The third kappa shape index (κ3) is 2.96. The van der Waals surface area contributed by atoms with Crippen molar-refractivity contribution in [2.24, 2.45) is 0 Å². The summed E-state index contributed by atoms with van der Waals surface area (Å²) >= 11 is 0. The minimum Gasteiger partial charge on any atom is -0.496 e. The number of nitrogens with one attached hydrogen (secondary N) is 1. The molecule has 1 aliphatic rings. The van der Waals surface area contributed by atoms with Crippen molar-refractivity contribution in [1.82, 2.24) is 10.2 Å². The first kappa shape index (κ1) is 14.0. The fraction of sp³-hybridized carbons (Fsp3) is 0.533. The number of likely N-dealkylation sites (N-methyl/N-ethyl adjacent to an activating group) is 1. The van der Waals surface area contributed by atoms with Crippen molar-refractivity contribution < 1.29 is 9.53 Å². The van der Waals surface area contributed by atoms with Gasteiger partial charge in [-0.1, -0.05) is 0 Å².